The van der Waals surface area contributed by atoms with Crippen LogP contribution in [0.4, 0.5) is 28.4 Å². The third-order valence-electron chi connectivity index (χ3n) is 12.3. The van der Waals surface area contributed by atoms with Gasteiger partial charge in [0, 0.05) is 73.3 Å². The molecule has 6 aromatic carbocycles. The topological polar surface area (TPSA) is 56.8 Å². The second kappa shape index (κ2) is 20.8. The van der Waals surface area contributed by atoms with Crippen LogP contribution >= 0.6 is 0 Å². The van der Waals surface area contributed by atoms with Crippen LogP contribution in [0, 0.1) is 6.92 Å². The molecule has 0 amide bonds. The average Bonchev–Trinajstić information content (AvgIpc) is 3.82. The highest BCUT2D eigenvalue weighted by Crippen LogP contribution is 2.42. The molecule has 2 heterocycles. The summed E-state index contributed by atoms with van der Waals surface area (Å²) in [4.78, 5) is 4.42. The zero-order valence-corrected chi connectivity index (χ0v) is 40.0. The van der Waals surface area contributed by atoms with E-state index in [9.17, 15) is 10.2 Å². The molecule has 0 aliphatic carbocycles. The third-order valence-corrected chi connectivity index (χ3v) is 12.3. The first-order valence-corrected chi connectivity index (χ1v) is 23.2. The van der Waals surface area contributed by atoms with E-state index in [2.05, 4.69) is 174 Å². The monoisotopic (exact) mass is 902 g/mol. The molecule has 0 saturated carbocycles. The van der Waals surface area contributed by atoms with Crippen molar-refractivity contribution < 1.29 is 10.2 Å². The Morgan fingerprint density at radius 3 is 1.62 bits per heavy atom. The van der Waals surface area contributed by atoms with Gasteiger partial charge in [-0.05, 0) is 179 Å². The van der Waals surface area contributed by atoms with Gasteiger partial charge in [-0.1, -0.05) is 98.7 Å². The largest absolute Gasteiger partial charge is 0.508 e. The quantitative estimate of drug-likeness (QED) is 0.0949. The van der Waals surface area contributed by atoms with Crippen LogP contribution in [0.2, 0.25) is 0 Å². The zero-order valence-electron chi connectivity index (χ0n) is 40.0. The molecule has 6 heteroatoms. The van der Waals surface area contributed by atoms with Crippen molar-refractivity contribution in [2.75, 3.05) is 9.80 Å². The van der Waals surface area contributed by atoms with Gasteiger partial charge in [0.2, 0.25) is 0 Å². The van der Waals surface area contributed by atoms with Crippen LogP contribution in [0.15, 0.2) is 207 Å². The van der Waals surface area contributed by atoms with E-state index in [-0.39, 0.29) is 11.5 Å². The molecular formula is C63H58N4O2. The van der Waals surface area contributed by atoms with Crippen molar-refractivity contribution >= 4 is 75.4 Å². The molecule has 2 N–H and O–H groups in total. The number of para-hydroxylation sites is 1. The summed E-state index contributed by atoms with van der Waals surface area (Å²) in [5, 5.41) is 21.7. The van der Waals surface area contributed by atoms with E-state index in [1.54, 1.807) is 24.3 Å². The van der Waals surface area contributed by atoms with Crippen LogP contribution in [-0.4, -0.2) is 19.3 Å². The maximum Gasteiger partial charge on any atom is 0.115 e. The molecule has 0 fully saturated rings. The van der Waals surface area contributed by atoms with Gasteiger partial charge in [-0.3, -0.25) is 0 Å². The molecule has 2 aromatic heterocycles. The van der Waals surface area contributed by atoms with Crippen LogP contribution < -0.4 is 9.80 Å². The third kappa shape index (κ3) is 9.34. The smallest absolute Gasteiger partial charge is 0.115 e. The SMILES string of the molecule is C=C/C(=C\C=C/C)n1c(/C=C\C)c(C=C)c2cc(N(c3ccc(O)cc3)c3ccc(-c4ccc(N(/C(C)=C/c5c(C=C)c(/C=C\C)n(-c6ccccc6)c5C)c5ccc(O)cc5)cc4)cc3)ccc21. The van der Waals surface area contributed by atoms with Crippen LogP contribution in [0.5, 0.6) is 11.5 Å². The number of allylic oxidation sites excluding steroid dienone is 8. The Hall–Kier alpha value is -8.74. The molecule has 0 unspecified atom stereocenters. The highest BCUT2D eigenvalue weighted by molar-refractivity contribution is 6.00. The molecule has 8 aromatic rings. The van der Waals surface area contributed by atoms with Crippen molar-refractivity contribution in [1.82, 2.24) is 9.13 Å². The molecule has 0 bridgehead atoms. The van der Waals surface area contributed by atoms with Gasteiger partial charge in [-0.25, -0.2) is 0 Å². The number of nitrogens with zero attached hydrogens (tertiary/aromatic N) is 4. The number of aromatic hydroxyl groups is 2. The molecule has 6 nitrogen and oxygen atoms in total. The van der Waals surface area contributed by atoms with E-state index < -0.39 is 0 Å². The van der Waals surface area contributed by atoms with E-state index in [1.165, 1.54) is 0 Å². The lowest BCUT2D eigenvalue weighted by Gasteiger charge is -2.27. The molecule has 8 rings (SSSR count). The number of phenols is 2. The van der Waals surface area contributed by atoms with Crippen LogP contribution in [0.1, 0.15) is 61.5 Å². The Labute approximate surface area is 407 Å². The summed E-state index contributed by atoms with van der Waals surface area (Å²) >= 11 is 0. The zero-order chi connectivity index (χ0) is 48.6. The molecule has 0 radical (unpaired) electrons. The molecule has 0 saturated heterocycles. The Bertz CT molecular complexity index is 3300. The first-order valence-electron chi connectivity index (χ1n) is 23.2. The van der Waals surface area contributed by atoms with E-state index >= 15 is 0 Å². The Morgan fingerprint density at radius 2 is 1.09 bits per heavy atom. The van der Waals surface area contributed by atoms with Crippen molar-refractivity contribution in [1.29, 1.82) is 0 Å². The number of phenolic OH excluding ortho intramolecular Hbond substituents is 2. The van der Waals surface area contributed by atoms with Crippen molar-refractivity contribution in [3.63, 3.8) is 0 Å². The molecular weight excluding hydrogens is 845 g/mol. The van der Waals surface area contributed by atoms with Crippen molar-refractivity contribution in [3.8, 4) is 28.3 Å². The second-order valence-electron chi connectivity index (χ2n) is 16.6. The van der Waals surface area contributed by atoms with E-state index in [4.69, 9.17) is 0 Å². The lowest BCUT2D eigenvalue weighted by molar-refractivity contribution is 0.475. The molecule has 69 heavy (non-hydrogen) atoms. The summed E-state index contributed by atoms with van der Waals surface area (Å²) < 4.78 is 4.51. The minimum atomic E-state index is 0.201. The molecule has 0 aliphatic heterocycles. The van der Waals surface area contributed by atoms with Gasteiger partial charge >= 0.3 is 0 Å². The summed E-state index contributed by atoms with van der Waals surface area (Å²) in [7, 11) is 0. The number of anilines is 5. The van der Waals surface area contributed by atoms with Crippen LogP contribution in [0.3, 0.4) is 0 Å². The van der Waals surface area contributed by atoms with Crippen molar-refractivity contribution in [2.45, 2.75) is 34.6 Å². The minimum absolute atomic E-state index is 0.201. The Morgan fingerprint density at radius 1 is 0.565 bits per heavy atom. The highest BCUT2D eigenvalue weighted by Gasteiger charge is 2.22. The Kier molecular flexibility index (Phi) is 14.1. The fourth-order valence-corrected chi connectivity index (χ4v) is 9.18. The van der Waals surface area contributed by atoms with E-state index in [1.807, 2.05) is 87.6 Å². The van der Waals surface area contributed by atoms with Gasteiger partial charge in [0.1, 0.15) is 11.5 Å². The second-order valence-corrected chi connectivity index (χ2v) is 16.6. The van der Waals surface area contributed by atoms with Crippen molar-refractivity contribution in [3.05, 3.63) is 241 Å². The molecule has 0 spiro atoms. The summed E-state index contributed by atoms with van der Waals surface area (Å²) in [5.74, 6) is 0.408. The summed E-state index contributed by atoms with van der Waals surface area (Å²) in [5.41, 5.74) is 17.3. The lowest BCUT2D eigenvalue weighted by Crippen LogP contribution is -2.14. The van der Waals surface area contributed by atoms with Gasteiger partial charge in [0.25, 0.3) is 0 Å². The first-order chi connectivity index (χ1) is 33.6. The number of aromatic nitrogens is 2. The van der Waals surface area contributed by atoms with Crippen molar-refractivity contribution in [2.24, 2.45) is 0 Å². The lowest BCUT2D eigenvalue weighted by atomic mass is 10.0. The summed E-state index contributed by atoms with van der Waals surface area (Å²) in [6.45, 7) is 23.0. The Balaban J connectivity index is 1.17. The number of benzene rings is 6. The maximum absolute atomic E-state index is 10.3. The molecule has 0 atom stereocenters. The van der Waals surface area contributed by atoms with Crippen LogP contribution in [0.25, 0.3) is 63.8 Å². The number of rotatable bonds is 16. The molecule has 342 valence electrons. The maximum atomic E-state index is 10.3. The predicted molar refractivity (Wildman–Crippen MR) is 297 cm³/mol. The van der Waals surface area contributed by atoms with Crippen LogP contribution in [-0.2, 0) is 0 Å². The highest BCUT2D eigenvalue weighted by atomic mass is 16.3. The normalized spacial score (nSPS) is 12.1. The number of hydrogen-bond donors (Lipinski definition) is 2. The molecule has 0 aliphatic rings. The van der Waals surface area contributed by atoms with Gasteiger partial charge < -0.3 is 29.1 Å². The summed E-state index contributed by atoms with van der Waals surface area (Å²) in [6, 6.07) is 48.7. The average molecular weight is 903 g/mol. The van der Waals surface area contributed by atoms with E-state index in [0.717, 1.165) is 101 Å². The first kappa shape index (κ1) is 46.8. The summed E-state index contributed by atoms with van der Waals surface area (Å²) in [6.07, 6.45) is 22.4. The predicted octanol–water partition coefficient (Wildman–Crippen LogP) is 17.4. The van der Waals surface area contributed by atoms with Gasteiger partial charge in [-0.2, -0.15) is 0 Å². The number of fused-ring (bicyclic) bond motifs is 1. The number of hydrogen-bond acceptors (Lipinski definition) is 4. The van der Waals surface area contributed by atoms with Gasteiger partial charge in [0.05, 0.1) is 16.9 Å². The fraction of sp³-hybridized carbons (Fsp3) is 0.0794. The minimum Gasteiger partial charge on any atom is -0.508 e. The van der Waals surface area contributed by atoms with Gasteiger partial charge in [-0.15, -0.1) is 0 Å². The van der Waals surface area contributed by atoms with E-state index in [0.29, 0.717) is 0 Å². The standard InChI is InChI=1S/C63H58N4O2/c1-9-15-21-48(12-4)67-62(20-11-3)58(14-6)60-43-54(36-41-63(60)67)66(53-34-39-56(69)40-35-53)52-30-26-47(27-31-52)46-24-28-50(29-25-46)64(51-32-37-55(68)38-33-51)44(7)42-59-45(8)65(49-22-17-16-18-23-49)61(19-10-2)57(59)13-5/h9-43,68-69H,4-6H2,1-3,7-8H3/b15-9-,19-10-,20-11-,44-42+,48-21+. The fourth-order valence-electron chi connectivity index (χ4n) is 9.18. The van der Waals surface area contributed by atoms with Gasteiger partial charge in [0.15, 0.2) is 0 Å².